The Morgan fingerprint density at radius 2 is 2.07 bits per heavy atom. The number of hydrogen-bond donors (Lipinski definition) is 1. The zero-order valence-electron chi connectivity index (χ0n) is 15.6. The number of pyridine rings is 1. The lowest BCUT2D eigenvalue weighted by molar-refractivity contribution is -0.130. The lowest BCUT2D eigenvalue weighted by atomic mass is 10.2. The predicted octanol–water partition coefficient (Wildman–Crippen LogP) is 2.12. The van der Waals surface area contributed by atoms with Crippen LogP contribution in [0, 0.1) is 0 Å². The Balaban J connectivity index is 1.42. The summed E-state index contributed by atoms with van der Waals surface area (Å²) in [7, 11) is 0. The number of aliphatic hydroxyl groups is 1. The van der Waals surface area contributed by atoms with E-state index in [4.69, 9.17) is 4.52 Å². The van der Waals surface area contributed by atoms with Crippen molar-refractivity contribution in [2.75, 3.05) is 6.54 Å². The van der Waals surface area contributed by atoms with E-state index in [1.54, 1.807) is 17.4 Å². The van der Waals surface area contributed by atoms with Crippen LogP contribution in [-0.4, -0.2) is 53.2 Å². The second kappa shape index (κ2) is 6.78. The molecule has 0 aliphatic carbocycles. The van der Waals surface area contributed by atoms with Crippen LogP contribution in [0.1, 0.15) is 25.3 Å². The summed E-state index contributed by atoms with van der Waals surface area (Å²) in [6, 6.07) is 11.2. The Morgan fingerprint density at radius 3 is 2.86 bits per heavy atom. The van der Waals surface area contributed by atoms with Gasteiger partial charge in [-0.3, -0.25) is 9.36 Å². The Kier molecular flexibility index (Phi) is 4.09. The van der Waals surface area contributed by atoms with Gasteiger partial charge in [-0.05, 0) is 24.3 Å². The molecule has 1 aliphatic heterocycles. The van der Waals surface area contributed by atoms with Crippen LogP contribution in [0.4, 0.5) is 0 Å². The number of imidazole rings is 1. The number of para-hydroxylation sites is 2. The van der Waals surface area contributed by atoms with E-state index in [1.807, 2.05) is 41.0 Å². The molecule has 0 unspecified atom stereocenters. The third kappa shape index (κ3) is 3.05. The molecule has 0 bridgehead atoms. The molecule has 1 fully saturated rings. The third-order valence-corrected chi connectivity index (χ3v) is 5.12. The molecule has 9 heteroatoms. The number of hydrogen-bond acceptors (Lipinski definition) is 7. The smallest absolute Gasteiger partial charge is 0.249 e. The first-order valence-corrected chi connectivity index (χ1v) is 9.28. The van der Waals surface area contributed by atoms with E-state index >= 15 is 0 Å². The standard InChI is InChI=1S/C20H18N6O3/c1-12(27)25-10-14(28)8-17(25)20-23-19(24-29-20)13-6-7-18(21-9-13)26-11-22-15-4-2-3-5-16(15)26/h2-7,9,11,14,17,28H,8,10H2,1H3/t14-,17+/m0/s1. The molecule has 0 saturated carbocycles. The highest BCUT2D eigenvalue weighted by Crippen LogP contribution is 2.32. The van der Waals surface area contributed by atoms with Crippen LogP contribution in [0.2, 0.25) is 0 Å². The van der Waals surface area contributed by atoms with Gasteiger partial charge in [0.05, 0.1) is 17.1 Å². The minimum Gasteiger partial charge on any atom is -0.391 e. The first-order valence-electron chi connectivity index (χ1n) is 9.28. The SMILES string of the molecule is CC(=O)N1C[C@@H](O)C[C@@H]1c1nc(-c2ccc(-n3cnc4ccccc43)nc2)no1. The first-order chi connectivity index (χ1) is 14.1. The minimum atomic E-state index is -0.592. The molecule has 2 atom stereocenters. The van der Waals surface area contributed by atoms with Gasteiger partial charge in [0, 0.05) is 31.6 Å². The summed E-state index contributed by atoms with van der Waals surface area (Å²) in [5, 5.41) is 13.9. The summed E-state index contributed by atoms with van der Waals surface area (Å²) in [6.07, 6.45) is 3.20. The van der Waals surface area contributed by atoms with Crippen LogP contribution in [0.15, 0.2) is 53.4 Å². The van der Waals surface area contributed by atoms with Crippen LogP contribution < -0.4 is 0 Å². The summed E-state index contributed by atoms with van der Waals surface area (Å²) in [5.74, 6) is 1.30. The lowest BCUT2D eigenvalue weighted by Crippen LogP contribution is -2.29. The fourth-order valence-corrected chi connectivity index (χ4v) is 3.69. The summed E-state index contributed by atoms with van der Waals surface area (Å²) in [6.45, 7) is 1.73. The Labute approximate surface area is 165 Å². The lowest BCUT2D eigenvalue weighted by Gasteiger charge is -2.19. The Bertz CT molecular complexity index is 1180. The zero-order valence-corrected chi connectivity index (χ0v) is 15.6. The zero-order chi connectivity index (χ0) is 20.0. The summed E-state index contributed by atoms with van der Waals surface area (Å²) < 4.78 is 7.29. The summed E-state index contributed by atoms with van der Waals surface area (Å²) >= 11 is 0. The van der Waals surface area contributed by atoms with Crippen molar-refractivity contribution in [1.29, 1.82) is 0 Å². The summed E-state index contributed by atoms with van der Waals surface area (Å²) in [5.41, 5.74) is 2.56. The predicted molar refractivity (Wildman–Crippen MR) is 103 cm³/mol. The molecular formula is C20H18N6O3. The molecule has 1 aliphatic rings. The van der Waals surface area contributed by atoms with Gasteiger partial charge in [-0.25, -0.2) is 9.97 Å². The van der Waals surface area contributed by atoms with Crippen LogP contribution in [-0.2, 0) is 4.79 Å². The first kappa shape index (κ1) is 17.5. The fraction of sp³-hybridized carbons (Fsp3) is 0.250. The molecule has 0 radical (unpaired) electrons. The number of carbonyl (C=O) groups is 1. The maximum Gasteiger partial charge on any atom is 0.249 e. The van der Waals surface area contributed by atoms with Crippen molar-refractivity contribution < 1.29 is 14.4 Å². The molecule has 1 aromatic carbocycles. The van der Waals surface area contributed by atoms with E-state index in [9.17, 15) is 9.90 Å². The van der Waals surface area contributed by atoms with Gasteiger partial charge in [0.2, 0.25) is 17.6 Å². The number of fused-ring (bicyclic) bond motifs is 1. The van der Waals surface area contributed by atoms with Crippen LogP contribution >= 0.6 is 0 Å². The van der Waals surface area contributed by atoms with Gasteiger partial charge in [0.15, 0.2) is 0 Å². The van der Waals surface area contributed by atoms with Crippen LogP contribution in [0.3, 0.4) is 0 Å². The van der Waals surface area contributed by atoms with Crippen molar-refractivity contribution in [3.05, 3.63) is 54.8 Å². The molecule has 1 amide bonds. The van der Waals surface area contributed by atoms with E-state index < -0.39 is 12.1 Å². The quantitative estimate of drug-likeness (QED) is 0.570. The van der Waals surface area contributed by atoms with E-state index in [-0.39, 0.29) is 12.5 Å². The molecule has 9 nitrogen and oxygen atoms in total. The maximum absolute atomic E-state index is 11.8. The molecule has 5 rings (SSSR count). The van der Waals surface area contributed by atoms with Crippen molar-refractivity contribution in [2.24, 2.45) is 0 Å². The largest absolute Gasteiger partial charge is 0.391 e. The molecule has 1 saturated heterocycles. The summed E-state index contributed by atoms with van der Waals surface area (Å²) in [4.78, 5) is 26.7. The van der Waals surface area contributed by atoms with Crippen molar-refractivity contribution in [3.63, 3.8) is 0 Å². The van der Waals surface area contributed by atoms with Gasteiger partial charge in [-0.2, -0.15) is 4.98 Å². The van der Waals surface area contributed by atoms with Gasteiger partial charge in [0.1, 0.15) is 18.2 Å². The Hall–Kier alpha value is -3.59. The number of aromatic nitrogens is 5. The van der Waals surface area contributed by atoms with Gasteiger partial charge >= 0.3 is 0 Å². The monoisotopic (exact) mass is 390 g/mol. The molecular weight excluding hydrogens is 372 g/mol. The highest BCUT2D eigenvalue weighted by Gasteiger charge is 2.37. The second-order valence-electron chi connectivity index (χ2n) is 7.04. The number of amides is 1. The second-order valence-corrected chi connectivity index (χ2v) is 7.04. The minimum absolute atomic E-state index is 0.134. The van der Waals surface area contributed by atoms with Gasteiger partial charge in [-0.1, -0.05) is 17.3 Å². The van der Waals surface area contributed by atoms with E-state index in [2.05, 4.69) is 20.1 Å². The Morgan fingerprint density at radius 1 is 1.21 bits per heavy atom. The highest BCUT2D eigenvalue weighted by atomic mass is 16.5. The molecule has 0 spiro atoms. The fourth-order valence-electron chi connectivity index (χ4n) is 3.69. The third-order valence-electron chi connectivity index (χ3n) is 5.12. The normalized spacial score (nSPS) is 19.2. The number of likely N-dealkylation sites (tertiary alicyclic amines) is 1. The van der Waals surface area contributed by atoms with Gasteiger partial charge < -0.3 is 14.5 Å². The van der Waals surface area contributed by atoms with Crippen molar-refractivity contribution in [1.82, 2.24) is 29.6 Å². The van der Waals surface area contributed by atoms with E-state index in [0.29, 0.717) is 23.7 Å². The number of rotatable bonds is 3. The molecule has 4 aromatic rings. The highest BCUT2D eigenvalue weighted by molar-refractivity contribution is 5.77. The van der Waals surface area contributed by atoms with Gasteiger partial charge in [0.25, 0.3) is 0 Å². The van der Waals surface area contributed by atoms with E-state index in [0.717, 1.165) is 16.9 Å². The molecule has 29 heavy (non-hydrogen) atoms. The number of β-amino-alcohol motifs (C(OH)–C–C–N with tert-alkyl or cyclic N) is 1. The van der Waals surface area contributed by atoms with Crippen molar-refractivity contribution >= 4 is 16.9 Å². The number of benzene rings is 1. The van der Waals surface area contributed by atoms with Crippen LogP contribution in [0.5, 0.6) is 0 Å². The van der Waals surface area contributed by atoms with Crippen molar-refractivity contribution in [3.8, 4) is 17.2 Å². The maximum atomic E-state index is 11.8. The topological polar surface area (TPSA) is 110 Å². The van der Waals surface area contributed by atoms with Gasteiger partial charge in [-0.15, -0.1) is 0 Å². The van der Waals surface area contributed by atoms with E-state index in [1.165, 1.54) is 6.92 Å². The number of nitrogens with zero attached hydrogens (tertiary/aromatic N) is 6. The number of carbonyl (C=O) groups excluding carboxylic acids is 1. The average molecular weight is 390 g/mol. The van der Waals surface area contributed by atoms with Crippen LogP contribution in [0.25, 0.3) is 28.2 Å². The molecule has 4 heterocycles. The average Bonchev–Trinajstić information content (AvgIpc) is 3.46. The number of aliphatic hydroxyl groups excluding tert-OH is 1. The van der Waals surface area contributed by atoms with Crippen molar-refractivity contribution in [2.45, 2.75) is 25.5 Å². The molecule has 3 aromatic heterocycles. The molecule has 1 N–H and O–H groups in total. The molecule has 146 valence electrons.